The second-order valence-electron chi connectivity index (χ2n) is 3.63. The average molecular weight is 168 g/mol. The first-order valence-electron chi connectivity index (χ1n) is 4.43. The smallest absolute Gasteiger partial charge is 0.186 e. The van der Waals surface area contributed by atoms with Gasteiger partial charge >= 0.3 is 0 Å². The van der Waals surface area contributed by atoms with Crippen LogP contribution in [0.3, 0.4) is 0 Å². The zero-order valence-corrected chi connectivity index (χ0v) is 6.81. The number of rotatable bonds is 2. The van der Waals surface area contributed by atoms with E-state index in [1.807, 2.05) is 6.08 Å². The monoisotopic (exact) mass is 168 g/mol. The Morgan fingerprint density at radius 3 is 3.08 bits per heavy atom. The Kier molecular flexibility index (Phi) is 1.36. The van der Waals surface area contributed by atoms with E-state index in [4.69, 9.17) is 14.2 Å². The molecule has 0 amide bonds. The molecule has 0 spiro atoms. The second-order valence-corrected chi connectivity index (χ2v) is 3.63. The predicted molar refractivity (Wildman–Crippen MR) is 41.6 cm³/mol. The van der Waals surface area contributed by atoms with Gasteiger partial charge in [-0.3, -0.25) is 0 Å². The van der Waals surface area contributed by atoms with E-state index in [0.717, 1.165) is 13.0 Å². The fourth-order valence-electron chi connectivity index (χ4n) is 2.23. The molecule has 66 valence electrons. The van der Waals surface area contributed by atoms with Gasteiger partial charge in [-0.05, 0) is 6.42 Å². The second kappa shape index (κ2) is 2.31. The first kappa shape index (κ1) is 7.06. The summed E-state index contributed by atoms with van der Waals surface area (Å²) in [6, 6.07) is 0. The minimum atomic E-state index is -0.0685. The van der Waals surface area contributed by atoms with Crippen LogP contribution in [0.15, 0.2) is 12.7 Å². The standard InChI is InChI=1S/C9H12O3/c1-2-3-5-6-4-10-9(11-6)8-7(5)12-8/h2,5-9H,1,3-4H2/t5-,6-,7+,8+,9-/m1/s1. The summed E-state index contributed by atoms with van der Waals surface area (Å²) in [5.74, 6) is 0.478. The van der Waals surface area contributed by atoms with Crippen molar-refractivity contribution < 1.29 is 14.2 Å². The summed E-state index contributed by atoms with van der Waals surface area (Å²) in [5, 5.41) is 0. The molecule has 0 saturated carbocycles. The van der Waals surface area contributed by atoms with Crippen molar-refractivity contribution in [2.24, 2.45) is 5.92 Å². The molecule has 0 aromatic rings. The van der Waals surface area contributed by atoms with E-state index in [0.29, 0.717) is 12.0 Å². The molecule has 3 aliphatic heterocycles. The summed E-state index contributed by atoms with van der Waals surface area (Å²) < 4.78 is 16.5. The highest BCUT2D eigenvalue weighted by molar-refractivity contribution is 5.04. The Hall–Kier alpha value is -0.380. The van der Waals surface area contributed by atoms with Gasteiger partial charge < -0.3 is 14.2 Å². The van der Waals surface area contributed by atoms with Crippen molar-refractivity contribution in [2.45, 2.75) is 31.0 Å². The molecule has 0 radical (unpaired) electrons. The van der Waals surface area contributed by atoms with Crippen molar-refractivity contribution in [1.29, 1.82) is 0 Å². The van der Waals surface area contributed by atoms with Crippen LogP contribution in [-0.2, 0) is 14.2 Å². The third kappa shape index (κ3) is 0.815. The first-order chi connectivity index (χ1) is 5.90. The Morgan fingerprint density at radius 1 is 1.33 bits per heavy atom. The zero-order chi connectivity index (χ0) is 8.13. The maximum Gasteiger partial charge on any atom is 0.186 e. The SMILES string of the molecule is C=CC[C@H]1[C@@H]2O[C@@H]2[C@@H]2OC[C@H]1O2. The number of hydrogen-bond donors (Lipinski definition) is 0. The van der Waals surface area contributed by atoms with Gasteiger partial charge in [-0.25, -0.2) is 0 Å². The van der Waals surface area contributed by atoms with Crippen molar-refractivity contribution in [3.05, 3.63) is 12.7 Å². The van der Waals surface area contributed by atoms with Gasteiger partial charge in [0.25, 0.3) is 0 Å². The van der Waals surface area contributed by atoms with Crippen LogP contribution in [0.1, 0.15) is 6.42 Å². The van der Waals surface area contributed by atoms with Crippen molar-refractivity contribution in [3.63, 3.8) is 0 Å². The van der Waals surface area contributed by atoms with Gasteiger partial charge in [0.15, 0.2) is 6.29 Å². The Morgan fingerprint density at radius 2 is 2.25 bits per heavy atom. The third-order valence-electron chi connectivity index (χ3n) is 2.90. The Labute approximate surface area is 71.3 Å². The number of fused-ring (bicyclic) bond motifs is 4. The van der Waals surface area contributed by atoms with Gasteiger partial charge in [0, 0.05) is 5.92 Å². The molecule has 5 atom stereocenters. The number of epoxide rings is 1. The van der Waals surface area contributed by atoms with E-state index >= 15 is 0 Å². The molecular formula is C9H12O3. The highest BCUT2D eigenvalue weighted by Crippen LogP contribution is 2.46. The molecule has 3 fully saturated rings. The van der Waals surface area contributed by atoms with E-state index in [2.05, 4.69) is 6.58 Å². The topological polar surface area (TPSA) is 31.0 Å². The summed E-state index contributed by atoms with van der Waals surface area (Å²) in [7, 11) is 0. The molecule has 12 heavy (non-hydrogen) atoms. The van der Waals surface area contributed by atoms with Gasteiger partial charge in [-0.15, -0.1) is 6.58 Å². The van der Waals surface area contributed by atoms with Crippen molar-refractivity contribution in [3.8, 4) is 0 Å². The van der Waals surface area contributed by atoms with E-state index in [9.17, 15) is 0 Å². The van der Waals surface area contributed by atoms with Crippen LogP contribution < -0.4 is 0 Å². The summed E-state index contributed by atoms with van der Waals surface area (Å²) in [5.41, 5.74) is 0. The summed E-state index contributed by atoms with van der Waals surface area (Å²) in [4.78, 5) is 0. The molecule has 0 unspecified atom stereocenters. The average Bonchev–Trinajstić information content (AvgIpc) is 2.75. The highest BCUT2D eigenvalue weighted by atomic mass is 16.8. The summed E-state index contributed by atoms with van der Waals surface area (Å²) in [6.07, 6.45) is 3.69. The molecule has 0 aromatic carbocycles. The summed E-state index contributed by atoms with van der Waals surface area (Å²) in [6.45, 7) is 4.47. The molecule has 2 bridgehead atoms. The maximum atomic E-state index is 5.62. The zero-order valence-electron chi connectivity index (χ0n) is 6.81. The number of allylic oxidation sites excluding steroid dienone is 1. The molecule has 3 nitrogen and oxygen atoms in total. The van der Waals surface area contributed by atoms with Crippen LogP contribution in [0.4, 0.5) is 0 Å². The Bertz CT molecular complexity index is 216. The molecule has 3 aliphatic rings. The van der Waals surface area contributed by atoms with Crippen LogP contribution in [-0.4, -0.2) is 31.2 Å². The molecule has 3 heteroatoms. The van der Waals surface area contributed by atoms with Gasteiger partial charge in [0.2, 0.25) is 0 Å². The predicted octanol–water partition coefficient (Wildman–Crippen LogP) is 0.701. The number of ether oxygens (including phenoxy) is 3. The first-order valence-corrected chi connectivity index (χ1v) is 4.43. The lowest BCUT2D eigenvalue weighted by molar-refractivity contribution is -0.0884. The van der Waals surface area contributed by atoms with Crippen LogP contribution in [0.25, 0.3) is 0 Å². The normalized spacial score (nSPS) is 54.8. The molecule has 0 aliphatic carbocycles. The number of hydrogen-bond acceptors (Lipinski definition) is 3. The van der Waals surface area contributed by atoms with Crippen LogP contribution in [0, 0.1) is 5.92 Å². The minimum Gasteiger partial charge on any atom is -0.364 e. The highest BCUT2D eigenvalue weighted by Gasteiger charge is 2.60. The van der Waals surface area contributed by atoms with Crippen molar-refractivity contribution >= 4 is 0 Å². The third-order valence-corrected chi connectivity index (χ3v) is 2.90. The molecule has 3 saturated heterocycles. The van der Waals surface area contributed by atoms with Crippen molar-refractivity contribution in [2.75, 3.05) is 6.61 Å². The van der Waals surface area contributed by atoms with E-state index < -0.39 is 0 Å². The molecule has 3 heterocycles. The summed E-state index contributed by atoms with van der Waals surface area (Å²) >= 11 is 0. The quantitative estimate of drug-likeness (QED) is 0.449. The fourth-order valence-corrected chi connectivity index (χ4v) is 2.23. The van der Waals surface area contributed by atoms with Gasteiger partial charge in [0.05, 0.1) is 18.8 Å². The lowest BCUT2D eigenvalue weighted by Gasteiger charge is -2.22. The molecule has 0 aromatic heterocycles. The van der Waals surface area contributed by atoms with E-state index in [1.165, 1.54) is 0 Å². The lowest BCUT2D eigenvalue weighted by atomic mass is 9.92. The largest absolute Gasteiger partial charge is 0.364 e. The van der Waals surface area contributed by atoms with Crippen molar-refractivity contribution in [1.82, 2.24) is 0 Å². The molecular weight excluding hydrogens is 156 g/mol. The van der Waals surface area contributed by atoms with E-state index in [1.54, 1.807) is 0 Å². The molecule has 0 N–H and O–H groups in total. The van der Waals surface area contributed by atoms with Gasteiger partial charge in [-0.2, -0.15) is 0 Å². The van der Waals surface area contributed by atoms with Crippen LogP contribution in [0.5, 0.6) is 0 Å². The van der Waals surface area contributed by atoms with E-state index in [-0.39, 0.29) is 18.5 Å². The van der Waals surface area contributed by atoms with Gasteiger partial charge in [-0.1, -0.05) is 6.08 Å². The van der Waals surface area contributed by atoms with Gasteiger partial charge in [0.1, 0.15) is 6.10 Å². The van der Waals surface area contributed by atoms with Crippen LogP contribution >= 0.6 is 0 Å². The van der Waals surface area contributed by atoms with Crippen LogP contribution in [0.2, 0.25) is 0 Å². The maximum absolute atomic E-state index is 5.62. The Balaban J connectivity index is 1.80. The minimum absolute atomic E-state index is 0.0685. The lowest BCUT2D eigenvalue weighted by Crippen LogP contribution is -2.35. The fraction of sp³-hybridized carbons (Fsp3) is 0.778. The molecule has 3 rings (SSSR count).